The zero-order chi connectivity index (χ0) is 12.8. The van der Waals surface area contributed by atoms with E-state index in [1.807, 2.05) is 0 Å². The summed E-state index contributed by atoms with van der Waals surface area (Å²) in [7, 11) is 3.47. The van der Waals surface area contributed by atoms with Gasteiger partial charge in [-0.1, -0.05) is 19.3 Å². The molecule has 0 aliphatic carbocycles. The standard InChI is InChI=1S/C13H29NO3/c1-16-12-7-5-3-4-6-8-14(9-11-15)10-13-17-2/h15H,3-13H2,1-2H3. The Hall–Kier alpha value is -0.160. The van der Waals surface area contributed by atoms with Crippen LogP contribution >= 0.6 is 0 Å². The van der Waals surface area contributed by atoms with Crippen LogP contribution in [-0.2, 0) is 9.47 Å². The molecule has 4 heteroatoms. The average molecular weight is 247 g/mol. The van der Waals surface area contributed by atoms with Gasteiger partial charge in [-0.3, -0.25) is 4.90 Å². The second kappa shape index (κ2) is 13.9. The third-order valence-electron chi connectivity index (χ3n) is 2.85. The molecular formula is C13H29NO3. The van der Waals surface area contributed by atoms with Crippen LogP contribution in [0.5, 0.6) is 0 Å². The highest BCUT2D eigenvalue weighted by atomic mass is 16.5. The molecule has 0 aliphatic heterocycles. The van der Waals surface area contributed by atoms with Crippen LogP contribution in [0.1, 0.15) is 32.1 Å². The Morgan fingerprint density at radius 2 is 1.41 bits per heavy atom. The smallest absolute Gasteiger partial charge is 0.0589 e. The van der Waals surface area contributed by atoms with E-state index in [-0.39, 0.29) is 6.61 Å². The van der Waals surface area contributed by atoms with E-state index >= 15 is 0 Å². The highest BCUT2D eigenvalue weighted by Crippen LogP contribution is 2.04. The zero-order valence-electron chi connectivity index (χ0n) is 11.5. The van der Waals surface area contributed by atoms with Gasteiger partial charge in [0.2, 0.25) is 0 Å². The van der Waals surface area contributed by atoms with Crippen molar-refractivity contribution in [3.05, 3.63) is 0 Å². The lowest BCUT2D eigenvalue weighted by Gasteiger charge is -2.20. The van der Waals surface area contributed by atoms with Crippen molar-refractivity contribution in [2.45, 2.75) is 32.1 Å². The second-order valence-electron chi connectivity index (χ2n) is 4.32. The lowest BCUT2D eigenvalue weighted by molar-refractivity contribution is 0.129. The van der Waals surface area contributed by atoms with E-state index in [4.69, 9.17) is 14.6 Å². The molecule has 0 bridgehead atoms. The maximum Gasteiger partial charge on any atom is 0.0589 e. The summed E-state index contributed by atoms with van der Waals surface area (Å²) in [4.78, 5) is 2.26. The lowest BCUT2D eigenvalue weighted by Crippen LogP contribution is -2.31. The number of methoxy groups -OCH3 is 2. The van der Waals surface area contributed by atoms with E-state index in [1.165, 1.54) is 32.1 Å². The minimum atomic E-state index is 0.234. The number of ether oxygens (including phenoxy) is 2. The fourth-order valence-electron chi connectivity index (χ4n) is 1.81. The quantitative estimate of drug-likeness (QED) is 0.501. The first-order chi connectivity index (χ1) is 8.35. The average Bonchev–Trinajstić information content (AvgIpc) is 2.34. The van der Waals surface area contributed by atoms with E-state index in [9.17, 15) is 0 Å². The van der Waals surface area contributed by atoms with Crippen LogP contribution in [0.25, 0.3) is 0 Å². The zero-order valence-corrected chi connectivity index (χ0v) is 11.5. The van der Waals surface area contributed by atoms with Gasteiger partial charge in [0.05, 0.1) is 13.2 Å². The molecule has 0 spiro atoms. The van der Waals surface area contributed by atoms with Gasteiger partial charge in [-0.2, -0.15) is 0 Å². The van der Waals surface area contributed by atoms with Crippen LogP contribution in [-0.4, -0.2) is 63.7 Å². The molecule has 0 saturated heterocycles. The van der Waals surface area contributed by atoms with Crippen LogP contribution in [0, 0.1) is 0 Å². The molecule has 0 rings (SSSR count). The first kappa shape index (κ1) is 16.8. The van der Waals surface area contributed by atoms with Crippen molar-refractivity contribution in [2.24, 2.45) is 0 Å². The Kier molecular flexibility index (Phi) is 13.8. The topological polar surface area (TPSA) is 41.9 Å². The summed E-state index contributed by atoms with van der Waals surface area (Å²) in [5.41, 5.74) is 0. The molecule has 4 nitrogen and oxygen atoms in total. The van der Waals surface area contributed by atoms with Crippen molar-refractivity contribution in [2.75, 3.05) is 53.7 Å². The van der Waals surface area contributed by atoms with Gasteiger partial charge in [0.1, 0.15) is 0 Å². The normalized spacial score (nSPS) is 11.3. The third-order valence-corrected chi connectivity index (χ3v) is 2.85. The molecule has 0 saturated carbocycles. The summed E-state index contributed by atoms with van der Waals surface area (Å²) in [5, 5.41) is 8.94. The predicted molar refractivity (Wildman–Crippen MR) is 70.4 cm³/mol. The van der Waals surface area contributed by atoms with Gasteiger partial charge in [0.25, 0.3) is 0 Å². The summed E-state index contributed by atoms with van der Waals surface area (Å²) in [6.07, 6.45) is 6.17. The van der Waals surface area contributed by atoms with E-state index < -0.39 is 0 Å². The Morgan fingerprint density at radius 1 is 0.765 bits per heavy atom. The Bertz CT molecular complexity index is 145. The first-order valence-corrected chi connectivity index (χ1v) is 6.66. The van der Waals surface area contributed by atoms with Crippen LogP contribution in [0.3, 0.4) is 0 Å². The van der Waals surface area contributed by atoms with Crippen LogP contribution in [0.4, 0.5) is 0 Å². The molecule has 104 valence electrons. The molecule has 0 aliphatic rings. The van der Waals surface area contributed by atoms with Crippen molar-refractivity contribution in [3.63, 3.8) is 0 Å². The third kappa shape index (κ3) is 12.1. The molecular weight excluding hydrogens is 218 g/mol. The predicted octanol–water partition coefficient (Wildman–Crippen LogP) is 1.52. The summed E-state index contributed by atoms with van der Waals surface area (Å²) >= 11 is 0. The maximum absolute atomic E-state index is 8.94. The van der Waals surface area contributed by atoms with E-state index in [2.05, 4.69) is 4.90 Å². The van der Waals surface area contributed by atoms with Crippen LogP contribution in [0.15, 0.2) is 0 Å². The minimum absolute atomic E-state index is 0.234. The number of hydrogen-bond acceptors (Lipinski definition) is 4. The molecule has 0 aromatic rings. The van der Waals surface area contributed by atoms with Crippen LogP contribution < -0.4 is 0 Å². The van der Waals surface area contributed by atoms with Gasteiger partial charge in [0, 0.05) is 33.9 Å². The molecule has 0 radical (unpaired) electrons. The SMILES string of the molecule is COCCCCCCCN(CCO)CCOC. The Morgan fingerprint density at radius 3 is 2.06 bits per heavy atom. The Balaban J connectivity index is 3.34. The van der Waals surface area contributed by atoms with Gasteiger partial charge in [0.15, 0.2) is 0 Å². The molecule has 0 fully saturated rings. The summed E-state index contributed by atoms with van der Waals surface area (Å²) in [5.74, 6) is 0. The number of rotatable bonds is 13. The van der Waals surface area contributed by atoms with Crippen molar-refractivity contribution >= 4 is 0 Å². The maximum atomic E-state index is 8.94. The fourth-order valence-corrected chi connectivity index (χ4v) is 1.81. The van der Waals surface area contributed by atoms with E-state index in [0.717, 1.165) is 32.8 Å². The first-order valence-electron chi connectivity index (χ1n) is 6.66. The molecule has 0 unspecified atom stereocenters. The number of hydrogen-bond donors (Lipinski definition) is 1. The van der Waals surface area contributed by atoms with Gasteiger partial charge in [-0.15, -0.1) is 0 Å². The molecule has 0 amide bonds. The molecule has 0 aromatic carbocycles. The fraction of sp³-hybridized carbons (Fsp3) is 1.00. The highest BCUT2D eigenvalue weighted by molar-refractivity contribution is 4.57. The van der Waals surface area contributed by atoms with Gasteiger partial charge < -0.3 is 14.6 Å². The largest absolute Gasteiger partial charge is 0.395 e. The second-order valence-corrected chi connectivity index (χ2v) is 4.32. The molecule has 0 atom stereocenters. The number of aliphatic hydroxyl groups excluding tert-OH is 1. The highest BCUT2D eigenvalue weighted by Gasteiger charge is 2.03. The number of nitrogens with zero attached hydrogens (tertiary/aromatic N) is 1. The Labute approximate surface area is 106 Å². The molecule has 0 aromatic heterocycles. The van der Waals surface area contributed by atoms with Crippen molar-refractivity contribution in [3.8, 4) is 0 Å². The van der Waals surface area contributed by atoms with Gasteiger partial charge in [-0.25, -0.2) is 0 Å². The molecule has 0 heterocycles. The lowest BCUT2D eigenvalue weighted by atomic mass is 10.1. The number of unbranched alkanes of at least 4 members (excludes halogenated alkanes) is 4. The van der Waals surface area contributed by atoms with Crippen molar-refractivity contribution in [1.82, 2.24) is 4.90 Å². The van der Waals surface area contributed by atoms with Gasteiger partial charge in [-0.05, 0) is 19.4 Å². The summed E-state index contributed by atoms with van der Waals surface area (Å²) in [6, 6.07) is 0. The van der Waals surface area contributed by atoms with E-state index in [1.54, 1.807) is 14.2 Å². The number of aliphatic hydroxyl groups is 1. The van der Waals surface area contributed by atoms with Crippen molar-refractivity contribution < 1.29 is 14.6 Å². The van der Waals surface area contributed by atoms with Crippen molar-refractivity contribution in [1.29, 1.82) is 0 Å². The van der Waals surface area contributed by atoms with E-state index in [0.29, 0.717) is 0 Å². The van der Waals surface area contributed by atoms with Gasteiger partial charge >= 0.3 is 0 Å². The molecule has 1 N–H and O–H groups in total. The van der Waals surface area contributed by atoms with Crippen LogP contribution in [0.2, 0.25) is 0 Å². The molecule has 17 heavy (non-hydrogen) atoms. The summed E-state index contributed by atoms with van der Waals surface area (Å²) < 4.78 is 10.1. The minimum Gasteiger partial charge on any atom is -0.395 e. The monoisotopic (exact) mass is 247 g/mol. The summed E-state index contributed by atoms with van der Waals surface area (Å²) in [6.45, 7) is 4.60.